The van der Waals surface area contributed by atoms with Crippen LogP contribution in [0.2, 0.25) is 0 Å². The van der Waals surface area contributed by atoms with E-state index in [0.717, 1.165) is 17.3 Å². The lowest BCUT2D eigenvalue weighted by molar-refractivity contribution is 0.236. The molecular formula is C12H20N2S. The Morgan fingerprint density at radius 2 is 2.47 bits per heavy atom. The van der Waals surface area contributed by atoms with E-state index in [0.29, 0.717) is 0 Å². The minimum absolute atomic E-state index is 0.0383. The van der Waals surface area contributed by atoms with E-state index in [9.17, 15) is 0 Å². The zero-order valence-corrected chi connectivity index (χ0v) is 10.4. The molecule has 1 aliphatic carbocycles. The highest BCUT2D eigenvalue weighted by molar-refractivity contribution is 7.11. The molecule has 2 nitrogen and oxygen atoms in total. The van der Waals surface area contributed by atoms with Crippen molar-refractivity contribution in [1.29, 1.82) is 0 Å². The van der Waals surface area contributed by atoms with E-state index in [1.807, 2.05) is 6.20 Å². The van der Waals surface area contributed by atoms with Gasteiger partial charge in [0.1, 0.15) is 0 Å². The fourth-order valence-corrected chi connectivity index (χ4v) is 3.65. The molecule has 0 aliphatic heterocycles. The van der Waals surface area contributed by atoms with Crippen molar-refractivity contribution >= 4 is 11.3 Å². The summed E-state index contributed by atoms with van der Waals surface area (Å²) in [6, 6.07) is 0. The maximum Gasteiger partial charge on any atom is 0.0896 e. The van der Waals surface area contributed by atoms with Crippen molar-refractivity contribution in [3.05, 3.63) is 16.1 Å². The van der Waals surface area contributed by atoms with Crippen LogP contribution in [0.4, 0.5) is 0 Å². The smallest absolute Gasteiger partial charge is 0.0896 e. The van der Waals surface area contributed by atoms with E-state index in [-0.39, 0.29) is 5.54 Å². The molecule has 0 spiro atoms. The standard InChI is InChI=1S/C12H20N2S/c1-9-4-3-5-12(13,6-9)7-11-8-14-10(2)15-11/h8-9H,3-7,13H2,1-2H3. The molecule has 2 rings (SSSR count). The van der Waals surface area contributed by atoms with Crippen LogP contribution in [0.3, 0.4) is 0 Å². The van der Waals surface area contributed by atoms with Crippen LogP contribution in [-0.2, 0) is 6.42 Å². The Morgan fingerprint density at radius 1 is 1.67 bits per heavy atom. The first kappa shape index (κ1) is 11.1. The number of aryl methyl sites for hydroxylation is 1. The topological polar surface area (TPSA) is 38.9 Å². The third kappa shape index (κ3) is 2.79. The van der Waals surface area contributed by atoms with E-state index in [1.165, 1.54) is 30.6 Å². The van der Waals surface area contributed by atoms with Crippen LogP contribution in [0.15, 0.2) is 6.20 Å². The molecule has 84 valence electrons. The first-order valence-electron chi connectivity index (χ1n) is 5.78. The molecule has 0 aromatic carbocycles. The maximum atomic E-state index is 6.47. The number of thiazole rings is 1. The molecule has 0 radical (unpaired) electrons. The van der Waals surface area contributed by atoms with E-state index in [4.69, 9.17) is 5.73 Å². The molecule has 1 aliphatic rings. The van der Waals surface area contributed by atoms with Crippen LogP contribution in [-0.4, -0.2) is 10.5 Å². The quantitative estimate of drug-likeness (QED) is 0.839. The highest BCUT2D eigenvalue weighted by atomic mass is 32.1. The molecule has 1 aromatic rings. The number of nitrogens with zero attached hydrogens (tertiary/aromatic N) is 1. The Hall–Kier alpha value is -0.410. The molecule has 1 saturated carbocycles. The van der Waals surface area contributed by atoms with Crippen molar-refractivity contribution in [3.8, 4) is 0 Å². The van der Waals surface area contributed by atoms with E-state index in [2.05, 4.69) is 18.8 Å². The Morgan fingerprint density at radius 3 is 3.07 bits per heavy atom. The van der Waals surface area contributed by atoms with Crippen LogP contribution in [0, 0.1) is 12.8 Å². The number of nitrogens with two attached hydrogens (primary N) is 1. The molecule has 1 fully saturated rings. The molecule has 3 heteroatoms. The minimum atomic E-state index is 0.0383. The predicted molar refractivity (Wildman–Crippen MR) is 65.1 cm³/mol. The molecular weight excluding hydrogens is 204 g/mol. The van der Waals surface area contributed by atoms with Gasteiger partial charge in [-0.15, -0.1) is 11.3 Å². The Balaban J connectivity index is 2.03. The summed E-state index contributed by atoms with van der Waals surface area (Å²) >= 11 is 1.79. The first-order valence-corrected chi connectivity index (χ1v) is 6.59. The van der Waals surface area contributed by atoms with Gasteiger partial charge in [0.2, 0.25) is 0 Å². The summed E-state index contributed by atoms with van der Waals surface area (Å²) in [7, 11) is 0. The largest absolute Gasteiger partial charge is 0.325 e. The van der Waals surface area contributed by atoms with Crippen molar-refractivity contribution in [1.82, 2.24) is 4.98 Å². The monoisotopic (exact) mass is 224 g/mol. The second-order valence-corrected chi connectivity index (χ2v) is 6.41. The number of rotatable bonds is 2. The van der Waals surface area contributed by atoms with Crippen LogP contribution in [0.25, 0.3) is 0 Å². The van der Waals surface area contributed by atoms with Crippen molar-refractivity contribution in [3.63, 3.8) is 0 Å². The molecule has 2 atom stereocenters. The Labute approximate surface area is 95.9 Å². The summed E-state index contributed by atoms with van der Waals surface area (Å²) in [6.45, 7) is 4.37. The third-order valence-electron chi connectivity index (χ3n) is 3.32. The average Bonchev–Trinajstić information content (AvgIpc) is 2.49. The Kier molecular flexibility index (Phi) is 3.12. The summed E-state index contributed by atoms with van der Waals surface area (Å²) in [5.74, 6) is 0.790. The van der Waals surface area contributed by atoms with Gasteiger partial charge in [0.25, 0.3) is 0 Å². The fraction of sp³-hybridized carbons (Fsp3) is 0.750. The molecule has 15 heavy (non-hydrogen) atoms. The molecule has 1 heterocycles. The fourth-order valence-electron chi connectivity index (χ4n) is 2.70. The lowest BCUT2D eigenvalue weighted by atomic mass is 9.75. The average molecular weight is 224 g/mol. The highest BCUT2D eigenvalue weighted by Crippen LogP contribution is 2.33. The van der Waals surface area contributed by atoms with Gasteiger partial charge >= 0.3 is 0 Å². The number of hydrogen-bond acceptors (Lipinski definition) is 3. The summed E-state index contributed by atoms with van der Waals surface area (Å²) in [5.41, 5.74) is 6.51. The SMILES string of the molecule is Cc1ncc(CC2(N)CCCC(C)C2)s1. The van der Waals surface area contributed by atoms with Crippen molar-refractivity contribution in [2.24, 2.45) is 11.7 Å². The van der Waals surface area contributed by atoms with Gasteiger partial charge in [0.15, 0.2) is 0 Å². The Bertz CT molecular complexity index is 334. The molecule has 0 amide bonds. The number of aromatic nitrogens is 1. The number of hydrogen-bond donors (Lipinski definition) is 1. The van der Waals surface area contributed by atoms with Gasteiger partial charge in [-0.2, -0.15) is 0 Å². The van der Waals surface area contributed by atoms with E-state index >= 15 is 0 Å². The van der Waals surface area contributed by atoms with Gasteiger partial charge in [-0.05, 0) is 25.7 Å². The van der Waals surface area contributed by atoms with Gasteiger partial charge in [0, 0.05) is 23.0 Å². The summed E-state index contributed by atoms with van der Waals surface area (Å²) < 4.78 is 0. The molecule has 2 unspecified atom stereocenters. The molecule has 2 N–H and O–H groups in total. The second kappa shape index (κ2) is 4.22. The van der Waals surface area contributed by atoms with E-state index in [1.54, 1.807) is 11.3 Å². The van der Waals surface area contributed by atoms with Crippen LogP contribution >= 0.6 is 11.3 Å². The maximum absolute atomic E-state index is 6.47. The van der Waals surface area contributed by atoms with Gasteiger partial charge in [-0.25, -0.2) is 4.98 Å². The normalized spacial score (nSPS) is 31.8. The lowest BCUT2D eigenvalue weighted by Gasteiger charge is -2.36. The first-order chi connectivity index (χ1) is 7.07. The van der Waals surface area contributed by atoms with Gasteiger partial charge < -0.3 is 5.73 Å². The van der Waals surface area contributed by atoms with Crippen molar-refractivity contribution in [2.75, 3.05) is 0 Å². The molecule has 1 aromatic heterocycles. The predicted octanol–water partition coefficient (Wildman–Crippen LogP) is 2.90. The minimum Gasteiger partial charge on any atom is -0.325 e. The zero-order chi connectivity index (χ0) is 10.9. The van der Waals surface area contributed by atoms with Gasteiger partial charge in [0.05, 0.1) is 5.01 Å². The van der Waals surface area contributed by atoms with Crippen molar-refractivity contribution in [2.45, 2.75) is 51.5 Å². The summed E-state index contributed by atoms with van der Waals surface area (Å²) in [6.07, 6.45) is 7.99. The van der Waals surface area contributed by atoms with Crippen LogP contribution in [0.1, 0.15) is 42.5 Å². The highest BCUT2D eigenvalue weighted by Gasteiger charge is 2.31. The molecule has 0 bridgehead atoms. The summed E-state index contributed by atoms with van der Waals surface area (Å²) in [5, 5.41) is 1.15. The van der Waals surface area contributed by atoms with E-state index < -0.39 is 0 Å². The lowest BCUT2D eigenvalue weighted by Crippen LogP contribution is -2.45. The second-order valence-electron chi connectivity index (χ2n) is 5.09. The van der Waals surface area contributed by atoms with Gasteiger partial charge in [-0.3, -0.25) is 0 Å². The van der Waals surface area contributed by atoms with Crippen molar-refractivity contribution < 1.29 is 0 Å². The molecule has 0 saturated heterocycles. The summed E-state index contributed by atoms with van der Waals surface area (Å²) in [4.78, 5) is 5.65. The van der Waals surface area contributed by atoms with Gasteiger partial charge in [-0.1, -0.05) is 19.8 Å². The zero-order valence-electron chi connectivity index (χ0n) is 9.62. The van der Waals surface area contributed by atoms with Crippen LogP contribution in [0.5, 0.6) is 0 Å². The third-order valence-corrected chi connectivity index (χ3v) is 4.23. The van der Waals surface area contributed by atoms with Crippen LogP contribution < -0.4 is 5.73 Å².